The molecule has 0 unspecified atom stereocenters. The largest absolute Gasteiger partial charge is 0.346 e. The van der Waals surface area contributed by atoms with Gasteiger partial charge in [0.15, 0.2) is 0 Å². The number of benzene rings is 3. The average Bonchev–Trinajstić information content (AvgIpc) is 3.17. The lowest BCUT2D eigenvalue weighted by Gasteiger charge is -2.22. The van der Waals surface area contributed by atoms with E-state index in [0.717, 1.165) is 16.6 Å². The molecule has 0 aliphatic heterocycles. The van der Waals surface area contributed by atoms with Gasteiger partial charge >= 0.3 is 0 Å². The molecule has 0 radical (unpaired) electrons. The second-order valence-corrected chi connectivity index (χ2v) is 8.46. The van der Waals surface area contributed by atoms with Gasteiger partial charge in [-0.15, -0.1) is 0 Å². The standard InChI is InChI=1S/C27H26N4O4/c1-19(32)30(23-10-5-4-6-11-23)17-22-15-21(13-14-26(22)31(34)35)27(33)28(2)18-24-16-20-9-7-8-12-25(20)29(24)3/h4-16H,17-18H2,1-3H3. The summed E-state index contributed by atoms with van der Waals surface area (Å²) < 4.78 is 2.05. The van der Waals surface area contributed by atoms with Crippen LogP contribution in [-0.4, -0.2) is 33.3 Å². The van der Waals surface area contributed by atoms with Crippen molar-refractivity contribution in [1.82, 2.24) is 9.47 Å². The first-order chi connectivity index (χ1) is 16.8. The lowest BCUT2D eigenvalue weighted by atomic mass is 10.1. The topological polar surface area (TPSA) is 88.7 Å². The Morgan fingerprint density at radius 2 is 1.63 bits per heavy atom. The van der Waals surface area contributed by atoms with E-state index in [1.807, 2.05) is 48.0 Å². The van der Waals surface area contributed by atoms with Gasteiger partial charge in [-0.25, -0.2) is 0 Å². The van der Waals surface area contributed by atoms with Crippen molar-refractivity contribution in [2.45, 2.75) is 20.0 Å². The van der Waals surface area contributed by atoms with Gasteiger partial charge in [0.1, 0.15) is 0 Å². The number of amides is 2. The summed E-state index contributed by atoms with van der Waals surface area (Å²) in [7, 11) is 3.66. The Labute approximate surface area is 203 Å². The fourth-order valence-corrected chi connectivity index (χ4v) is 4.22. The number of nitro benzene ring substituents is 1. The summed E-state index contributed by atoms with van der Waals surface area (Å²) in [6.45, 7) is 1.76. The number of fused-ring (bicyclic) bond motifs is 1. The number of para-hydroxylation sites is 2. The van der Waals surface area contributed by atoms with Gasteiger partial charge in [0.05, 0.1) is 23.6 Å². The molecule has 35 heavy (non-hydrogen) atoms. The number of nitro groups is 1. The molecule has 0 atom stereocenters. The zero-order valence-corrected chi connectivity index (χ0v) is 19.8. The molecule has 4 aromatic rings. The minimum absolute atomic E-state index is 0.0241. The maximum atomic E-state index is 13.3. The van der Waals surface area contributed by atoms with Crippen molar-refractivity contribution in [1.29, 1.82) is 0 Å². The van der Waals surface area contributed by atoms with Crippen LogP contribution in [0.25, 0.3) is 10.9 Å². The second kappa shape index (κ2) is 9.80. The zero-order valence-electron chi connectivity index (χ0n) is 19.8. The third-order valence-electron chi connectivity index (χ3n) is 6.10. The molecule has 8 heteroatoms. The van der Waals surface area contributed by atoms with E-state index in [2.05, 4.69) is 0 Å². The van der Waals surface area contributed by atoms with Crippen LogP contribution in [0.5, 0.6) is 0 Å². The number of rotatable bonds is 7. The van der Waals surface area contributed by atoms with Crippen LogP contribution in [0.2, 0.25) is 0 Å². The van der Waals surface area contributed by atoms with E-state index in [1.165, 1.54) is 30.0 Å². The highest BCUT2D eigenvalue weighted by Crippen LogP contribution is 2.26. The van der Waals surface area contributed by atoms with Crippen LogP contribution in [0.1, 0.15) is 28.5 Å². The Hall–Kier alpha value is -4.46. The highest BCUT2D eigenvalue weighted by Gasteiger charge is 2.23. The molecule has 0 aliphatic carbocycles. The van der Waals surface area contributed by atoms with Crippen LogP contribution >= 0.6 is 0 Å². The molecule has 178 valence electrons. The summed E-state index contributed by atoms with van der Waals surface area (Å²) in [6.07, 6.45) is 0. The van der Waals surface area contributed by atoms with Crippen LogP contribution in [0.4, 0.5) is 11.4 Å². The lowest BCUT2D eigenvalue weighted by Crippen LogP contribution is -2.29. The quantitative estimate of drug-likeness (QED) is 0.284. The van der Waals surface area contributed by atoms with E-state index in [9.17, 15) is 19.7 Å². The maximum Gasteiger partial charge on any atom is 0.274 e. The van der Waals surface area contributed by atoms with Gasteiger partial charge in [-0.1, -0.05) is 36.4 Å². The van der Waals surface area contributed by atoms with Gasteiger partial charge < -0.3 is 14.4 Å². The Bertz CT molecular complexity index is 1410. The molecule has 8 nitrogen and oxygen atoms in total. The van der Waals surface area contributed by atoms with Crippen LogP contribution in [-0.2, 0) is 24.9 Å². The van der Waals surface area contributed by atoms with Gasteiger partial charge in [0.2, 0.25) is 5.91 Å². The predicted octanol–water partition coefficient (Wildman–Crippen LogP) is 4.91. The highest BCUT2D eigenvalue weighted by atomic mass is 16.6. The Morgan fingerprint density at radius 1 is 0.943 bits per heavy atom. The smallest absolute Gasteiger partial charge is 0.274 e. The first-order valence-electron chi connectivity index (χ1n) is 11.2. The second-order valence-electron chi connectivity index (χ2n) is 8.46. The summed E-state index contributed by atoms with van der Waals surface area (Å²) in [6, 6.07) is 23.3. The van der Waals surface area contributed by atoms with Crippen molar-refractivity contribution in [3.8, 4) is 0 Å². The number of carbonyl (C=O) groups is 2. The van der Waals surface area contributed by atoms with Gasteiger partial charge in [0, 0.05) is 49.5 Å². The van der Waals surface area contributed by atoms with Gasteiger partial charge in [-0.05, 0) is 41.8 Å². The highest BCUT2D eigenvalue weighted by molar-refractivity contribution is 5.95. The molecule has 0 spiro atoms. The first-order valence-corrected chi connectivity index (χ1v) is 11.2. The molecule has 2 amide bonds. The molecule has 0 bridgehead atoms. The number of carbonyl (C=O) groups excluding carboxylic acids is 2. The minimum Gasteiger partial charge on any atom is -0.346 e. The summed E-state index contributed by atoms with van der Waals surface area (Å²) in [5.41, 5.74) is 3.14. The molecule has 4 rings (SSSR count). The molecular weight excluding hydrogens is 444 g/mol. The van der Waals surface area contributed by atoms with E-state index < -0.39 is 4.92 Å². The third-order valence-corrected chi connectivity index (χ3v) is 6.10. The Morgan fingerprint density at radius 3 is 2.29 bits per heavy atom. The fourth-order valence-electron chi connectivity index (χ4n) is 4.22. The SMILES string of the molecule is CC(=O)N(Cc1cc(C(=O)N(C)Cc2cc3ccccc3n2C)ccc1[N+](=O)[O-])c1ccccc1. The van der Waals surface area contributed by atoms with E-state index in [0.29, 0.717) is 17.8 Å². The van der Waals surface area contributed by atoms with E-state index in [-0.39, 0.29) is 29.6 Å². The monoisotopic (exact) mass is 470 g/mol. The van der Waals surface area contributed by atoms with Crippen molar-refractivity contribution in [2.75, 3.05) is 11.9 Å². The van der Waals surface area contributed by atoms with E-state index in [1.54, 1.807) is 36.2 Å². The molecule has 0 fully saturated rings. The molecule has 0 saturated heterocycles. The number of nitrogens with zero attached hydrogens (tertiary/aromatic N) is 4. The van der Waals surface area contributed by atoms with Crippen LogP contribution in [0.15, 0.2) is 78.9 Å². The van der Waals surface area contributed by atoms with E-state index in [4.69, 9.17) is 0 Å². The molecule has 1 aromatic heterocycles. The number of anilines is 1. The van der Waals surface area contributed by atoms with Gasteiger partial charge in [-0.3, -0.25) is 19.7 Å². The lowest BCUT2D eigenvalue weighted by molar-refractivity contribution is -0.385. The van der Waals surface area contributed by atoms with Crippen molar-refractivity contribution < 1.29 is 14.5 Å². The van der Waals surface area contributed by atoms with Crippen molar-refractivity contribution in [2.24, 2.45) is 7.05 Å². The molecular formula is C27H26N4O4. The molecule has 3 aromatic carbocycles. The molecule has 0 aliphatic rings. The Kier molecular flexibility index (Phi) is 6.64. The summed E-state index contributed by atoms with van der Waals surface area (Å²) >= 11 is 0. The number of hydrogen-bond donors (Lipinski definition) is 0. The molecule has 0 N–H and O–H groups in total. The number of aromatic nitrogens is 1. The van der Waals surface area contributed by atoms with Crippen molar-refractivity contribution in [3.05, 3.63) is 106 Å². The van der Waals surface area contributed by atoms with Crippen molar-refractivity contribution in [3.63, 3.8) is 0 Å². The van der Waals surface area contributed by atoms with Gasteiger partial charge in [0.25, 0.3) is 11.6 Å². The van der Waals surface area contributed by atoms with Crippen LogP contribution < -0.4 is 4.90 Å². The average molecular weight is 471 g/mol. The fraction of sp³-hybridized carbons (Fsp3) is 0.185. The van der Waals surface area contributed by atoms with Crippen LogP contribution in [0, 0.1) is 10.1 Å². The molecule has 0 saturated carbocycles. The number of aryl methyl sites for hydroxylation is 1. The summed E-state index contributed by atoms with van der Waals surface area (Å²) in [5.74, 6) is -0.518. The zero-order chi connectivity index (χ0) is 25.1. The third kappa shape index (κ3) is 4.91. The minimum atomic E-state index is -0.494. The summed E-state index contributed by atoms with van der Waals surface area (Å²) in [5, 5.41) is 12.8. The van der Waals surface area contributed by atoms with E-state index >= 15 is 0 Å². The Balaban J connectivity index is 1.62. The maximum absolute atomic E-state index is 13.3. The predicted molar refractivity (Wildman–Crippen MR) is 135 cm³/mol. The van der Waals surface area contributed by atoms with Crippen LogP contribution in [0.3, 0.4) is 0 Å². The molecule has 1 heterocycles. The first kappa shape index (κ1) is 23.7. The normalized spacial score (nSPS) is 10.8. The van der Waals surface area contributed by atoms with Crippen molar-refractivity contribution >= 4 is 34.1 Å². The van der Waals surface area contributed by atoms with Gasteiger partial charge in [-0.2, -0.15) is 0 Å². The summed E-state index contributed by atoms with van der Waals surface area (Å²) in [4.78, 5) is 39.8. The number of hydrogen-bond acceptors (Lipinski definition) is 4.